The quantitative estimate of drug-likeness (QED) is 0.631. The molecule has 4 saturated heterocycles. The lowest BCUT2D eigenvalue weighted by Crippen LogP contribution is -2.57. The molecule has 1 aromatic heterocycles. The van der Waals surface area contributed by atoms with E-state index in [1.54, 1.807) is 0 Å². The smallest absolute Gasteiger partial charge is 0.287 e. The number of nitrogens with zero attached hydrogens (tertiary/aromatic N) is 3. The summed E-state index contributed by atoms with van der Waals surface area (Å²) in [6.07, 6.45) is 2.30. The van der Waals surface area contributed by atoms with Gasteiger partial charge in [0.15, 0.2) is 5.76 Å². The molecule has 1 atom stereocenters. The van der Waals surface area contributed by atoms with Gasteiger partial charge in [-0.3, -0.25) is 9.59 Å². The van der Waals surface area contributed by atoms with Crippen LogP contribution in [0.25, 0.3) is 22.1 Å². The molecule has 7 nitrogen and oxygen atoms in total. The van der Waals surface area contributed by atoms with Gasteiger partial charge in [-0.25, -0.2) is 0 Å². The lowest BCUT2D eigenvalue weighted by atomic mass is 9.84. The average molecular weight is 473 g/mol. The van der Waals surface area contributed by atoms with Gasteiger partial charge in [0.1, 0.15) is 5.58 Å². The number of hydrogen-bond acceptors (Lipinski definition) is 5. The highest BCUT2D eigenvalue weighted by atomic mass is 16.3. The number of piperazine rings is 1. The molecule has 4 aliphatic rings. The third kappa shape index (κ3) is 4.34. The number of likely N-dealkylation sites (N-methyl/N-ethyl adjacent to an activating group) is 1. The van der Waals surface area contributed by atoms with Crippen LogP contribution in [-0.2, 0) is 0 Å². The first kappa shape index (κ1) is 22.3. The van der Waals surface area contributed by atoms with Gasteiger partial charge in [0.25, 0.3) is 11.8 Å². The summed E-state index contributed by atoms with van der Waals surface area (Å²) >= 11 is 0. The minimum absolute atomic E-state index is 0.0594. The number of piperidine rings is 3. The predicted octanol–water partition coefficient (Wildman–Crippen LogP) is 3.31. The first-order valence-electron chi connectivity index (χ1n) is 12.7. The van der Waals surface area contributed by atoms with E-state index in [0.717, 1.165) is 75.2 Å². The van der Waals surface area contributed by atoms with Crippen LogP contribution in [0.3, 0.4) is 0 Å². The van der Waals surface area contributed by atoms with E-state index in [9.17, 15) is 9.59 Å². The van der Waals surface area contributed by atoms with Crippen molar-refractivity contribution in [1.82, 2.24) is 20.0 Å². The molecule has 0 saturated carbocycles. The van der Waals surface area contributed by atoms with E-state index in [0.29, 0.717) is 22.8 Å². The van der Waals surface area contributed by atoms with Crippen molar-refractivity contribution in [1.29, 1.82) is 0 Å². The maximum atomic E-state index is 13.1. The zero-order chi connectivity index (χ0) is 23.9. The van der Waals surface area contributed by atoms with E-state index < -0.39 is 0 Å². The number of carbonyl (C=O) groups excluding carboxylic acids is 2. The zero-order valence-corrected chi connectivity index (χ0v) is 20.2. The van der Waals surface area contributed by atoms with Crippen LogP contribution >= 0.6 is 0 Å². The van der Waals surface area contributed by atoms with E-state index >= 15 is 0 Å². The van der Waals surface area contributed by atoms with Crippen LogP contribution in [0.2, 0.25) is 0 Å². The van der Waals surface area contributed by atoms with Crippen molar-refractivity contribution in [2.45, 2.75) is 18.9 Å². The number of amides is 2. The highest BCUT2D eigenvalue weighted by Gasteiger charge is 2.35. The number of para-hydroxylation sites is 1. The van der Waals surface area contributed by atoms with Gasteiger partial charge in [0.05, 0.1) is 0 Å². The van der Waals surface area contributed by atoms with Crippen molar-refractivity contribution in [3.63, 3.8) is 0 Å². The Morgan fingerprint density at radius 2 is 1.71 bits per heavy atom. The molecule has 7 heteroatoms. The molecular weight excluding hydrogens is 440 g/mol. The third-order valence-corrected chi connectivity index (χ3v) is 7.95. The molecule has 35 heavy (non-hydrogen) atoms. The fourth-order valence-electron chi connectivity index (χ4n) is 5.78. The second-order valence-electron chi connectivity index (χ2n) is 10.2. The molecule has 2 aromatic carbocycles. The van der Waals surface area contributed by atoms with Gasteiger partial charge in [0.2, 0.25) is 0 Å². The van der Waals surface area contributed by atoms with Gasteiger partial charge >= 0.3 is 0 Å². The number of hydrogen-bond donors (Lipinski definition) is 1. The summed E-state index contributed by atoms with van der Waals surface area (Å²) in [5.74, 6) is 0.812. The molecule has 0 aliphatic carbocycles. The number of rotatable bonds is 4. The Bertz CT molecular complexity index is 1250. The van der Waals surface area contributed by atoms with Crippen LogP contribution < -0.4 is 5.32 Å². The maximum Gasteiger partial charge on any atom is 0.287 e. The number of furan rings is 1. The van der Waals surface area contributed by atoms with Gasteiger partial charge < -0.3 is 24.4 Å². The van der Waals surface area contributed by atoms with Gasteiger partial charge in [-0.05, 0) is 62.7 Å². The topological polar surface area (TPSA) is 69.0 Å². The lowest BCUT2D eigenvalue weighted by molar-refractivity contribution is 0.0606. The van der Waals surface area contributed by atoms with Crippen LogP contribution in [-0.4, -0.2) is 85.4 Å². The summed E-state index contributed by atoms with van der Waals surface area (Å²) in [4.78, 5) is 32.8. The van der Waals surface area contributed by atoms with Crippen molar-refractivity contribution < 1.29 is 14.0 Å². The zero-order valence-electron chi connectivity index (χ0n) is 20.2. The summed E-state index contributed by atoms with van der Waals surface area (Å²) in [6, 6.07) is 15.7. The molecule has 3 aromatic rings. The van der Waals surface area contributed by atoms with Crippen LogP contribution in [0, 0.1) is 5.92 Å². The Morgan fingerprint density at radius 1 is 0.943 bits per heavy atom. The first-order chi connectivity index (χ1) is 17.0. The summed E-state index contributed by atoms with van der Waals surface area (Å²) in [5.41, 5.74) is 3.15. The number of carbonyl (C=O) groups is 2. The molecular formula is C28H32N4O3. The summed E-state index contributed by atoms with van der Waals surface area (Å²) in [7, 11) is 2.08. The maximum absolute atomic E-state index is 13.1. The highest BCUT2D eigenvalue weighted by Crippen LogP contribution is 2.32. The normalized spacial score (nSPS) is 24.6. The molecule has 1 N–H and O–H groups in total. The second-order valence-corrected chi connectivity index (χ2v) is 10.2. The molecule has 5 heterocycles. The van der Waals surface area contributed by atoms with E-state index in [1.807, 2.05) is 53.4 Å². The molecule has 7 rings (SSSR count). The molecule has 0 unspecified atom stereocenters. The second kappa shape index (κ2) is 9.13. The van der Waals surface area contributed by atoms with Crippen molar-refractivity contribution in [3.05, 3.63) is 59.9 Å². The Labute approximate surface area is 205 Å². The predicted molar refractivity (Wildman–Crippen MR) is 135 cm³/mol. The van der Waals surface area contributed by atoms with Crippen molar-refractivity contribution >= 4 is 22.8 Å². The monoisotopic (exact) mass is 472 g/mol. The van der Waals surface area contributed by atoms with Crippen LogP contribution in [0.5, 0.6) is 0 Å². The van der Waals surface area contributed by atoms with E-state index in [2.05, 4.69) is 22.2 Å². The largest absolute Gasteiger partial charge is 0.450 e. The van der Waals surface area contributed by atoms with Gasteiger partial charge in [-0.2, -0.15) is 0 Å². The fourth-order valence-corrected chi connectivity index (χ4v) is 5.78. The molecule has 0 spiro atoms. The SMILES string of the molecule is CN1CCN(C(=O)c2cccc(-c3cccc4cc(C(=O)N[C@H]5CN6CCC5CC6)oc34)c2)CC1. The average Bonchev–Trinajstić information content (AvgIpc) is 3.34. The molecule has 2 amide bonds. The summed E-state index contributed by atoms with van der Waals surface area (Å²) in [5, 5.41) is 4.11. The lowest BCUT2D eigenvalue weighted by Gasteiger charge is -2.44. The van der Waals surface area contributed by atoms with Crippen LogP contribution in [0.15, 0.2) is 52.9 Å². The molecule has 0 radical (unpaired) electrons. The molecule has 182 valence electrons. The summed E-state index contributed by atoms with van der Waals surface area (Å²) < 4.78 is 6.14. The first-order valence-corrected chi connectivity index (χ1v) is 12.7. The minimum Gasteiger partial charge on any atom is -0.450 e. The Kier molecular flexibility index (Phi) is 5.82. The van der Waals surface area contributed by atoms with Gasteiger partial charge in [-0.15, -0.1) is 0 Å². The van der Waals surface area contributed by atoms with Gasteiger partial charge in [-0.1, -0.05) is 30.3 Å². The fraction of sp³-hybridized carbons (Fsp3) is 0.429. The Morgan fingerprint density at radius 3 is 2.46 bits per heavy atom. The van der Waals surface area contributed by atoms with E-state index in [-0.39, 0.29) is 17.9 Å². The van der Waals surface area contributed by atoms with E-state index in [1.165, 1.54) is 0 Å². The Balaban J connectivity index is 1.25. The molecule has 2 bridgehead atoms. The van der Waals surface area contributed by atoms with Crippen molar-refractivity contribution in [3.8, 4) is 11.1 Å². The summed E-state index contributed by atoms with van der Waals surface area (Å²) in [6.45, 7) is 6.47. The number of nitrogens with one attached hydrogen (secondary N) is 1. The minimum atomic E-state index is -0.148. The van der Waals surface area contributed by atoms with E-state index in [4.69, 9.17) is 4.42 Å². The van der Waals surface area contributed by atoms with Gasteiger partial charge in [0, 0.05) is 55.3 Å². The van der Waals surface area contributed by atoms with Crippen molar-refractivity contribution in [2.75, 3.05) is 52.9 Å². The van der Waals surface area contributed by atoms with Crippen molar-refractivity contribution in [2.24, 2.45) is 5.92 Å². The van der Waals surface area contributed by atoms with Crippen LogP contribution in [0.4, 0.5) is 0 Å². The number of benzene rings is 2. The third-order valence-electron chi connectivity index (χ3n) is 7.95. The molecule has 4 aliphatic heterocycles. The number of fused-ring (bicyclic) bond motifs is 4. The highest BCUT2D eigenvalue weighted by molar-refractivity contribution is 6.01. The Hall–Kier alpha value is -3.16. The van der Waals surface area contributed by atoms with Crippen LogP contribution in [0.1, 0.15) is 33.8 Å². The standard InChI is InChI=1S/C28H32N4O3/c1-30-12-14-32(15-13-30)28(34)22-6-2-4-20(16-22)23-7-3-5-21-17-25(35-26(21)23)27(33)29-24-18-31-10-8-19(24)9-11-31/h2-7,16-17,19,24H,8-15,18H2,1H3,(H,29,33)/t24-/m0/s1. The molecule has 4 fully saturated rings.